The second kappa shape index (κ2) is 8.57. The molecule has 1 aliphatic heterocycles. The molecule has 1 aromatic carbocycles. The van der Waals surface area contributed by atoms with Gasteiger partial charge in [0.15, 0.2) is 28.5 Å². The summed E-state index contributed by atoms with van der Waals surface area (Å²) in [5.41, 5.74) is -0.645. The number of piperidine rings is 1. The Labute approximate surface area is 189 Å². The lowest BCUT2D eigenvalue weighted by Gasteiger charge is -2.36. The van der Waals surface area contributed by atoms with E-state index < -0.39 is 11.9 Å². The Morgan fingerprint density at radius 1 is 1.06 bits per heavy atom. The van der Waals surface area contributed by atoms with Crippen molar-refractivity contribution in [1.82, 2.24) is 19.5 Å². The molecule has 0 bridgehead atoms. The third kappa shape index (κ3) is 4.34. The van der Waals surface area contributed by atoms with Gasteiger partial charge in [0, 0.05) is 24.2 Å². The van der Waals surface area contributed by atoms with E-state index in [1.165, 1.54) is 20.3 Å². The number of nitrogens with zero attached hydrogens (tertiary/aromatic N) is 4. The number of likely N-dealkylation sites (tertiary alicyclic amines) is 1. The molecule has 4 rings (SSSR count). The van der Waals surface area contributed by atoms with Crippen molar-refractivity contribution in [2.45, 2.75) is 38.9 Å². The molecule has 0 spiro atoms. The van der Waals surface area contributed by atoms with Crippen molar-refractivity contribution in [3.8, 4) is 22.8 Å². The SMILES string of the molecule is COc1ccc(-c2cc(C(F)(F)F)n3nc(C(=O)N4C[C@H](C)CC[C@@H]4C)cc3n2)cc1OC. The lowest BCUT2D eigenvalue weighted by molar-refractivity contribution is -0.142. The molecule has 3 heterocycles. The van der Waals surface area contributed by atoms with Crippen LogP contribution in [0.4, 0.5) is 13.2 Å². The molecule has 0 aliphatic carbocycles. The molecule has 2 atom stereocenters. The number of halogens is 3. The fraction of sp³-hybridized carbons (Fsp3) is 0.435. The Balaban J connectivity index is 1.82. The highest BCUT2D eigenvalue weighted by molar-refractivity contribution is 5.93. The largest absolute Gasteiger partial charge is 0.493 e. The maximum absolute atomic E-state index is 13.9. The van der Waals surface area contributed by atoms with Gasteiger partial charge in [0.2, 0.25) is 0 Å². The Kier molecular flexibility index (Phi) is 5.94. The zero-order chi connectivity index (χ0) is 23.9. The molecule has 1 fully saturated rings. The number of ether oxygens (including phenoxy) is 2. The molecule has 1 aliphatic rings. The summed E-state index contributed by atoms with van der Waals surface area (Å²) >= 11 is 0. The van der Waals surface area contributed by atoms with Crippen LogP contribution in [0.25, 0.3) is 16.9 Å². The summed E-state index contributed by atoms with van der Waals surface area (Å²) in [6.07, 6.45) is -2.86. The third-order valence-electron chi connectivity index (χ3n) is 5.99. The first-order chi connectivity index (χ1) is 15.6. The highest BCUT2D eigenvalue weighted by atomic mass is 19.4. The van der Waals surface area contributed by atoms with Gasteiger partial charge in [-0.2, -0.15) is 18.3 Å². The van der Waals surface area contributed by atoms with Crippen LogP contribution in [0.3, 0.4) is 0 Å². The summed E-state index contributed by atoms with van der Waals surface area (Å²) in [6, 6.07) is 6.97. The number of carbonyl (C=O) groups is 1. The molecular formula is C23H25F3N4O3. The van der Waals surface area contributed by atoms with Crippen LogP contribution >= 0.6 is 0 Å². The average Bonchev–Trinajstić information content (AvgIpc) is 3.22. The Morgan fingerprint density at radius 3 is 2.45 bits per heavy atom. The highest BCUT2D eigenvalue weighted by Gasteiger charge is 2.36. The fourth-order valence-electron chi connectivity index (χ4n) is 4.14. The van der Waals surface area contributed by atoms with Gasteiger partial charge in [-0.05, 0) is 49.9 Å². The van der Waals surface area contributed by atoms with E-state index in [0.29, 0.717) is 34.0 Å². The van der Waals surface area contributed by atoms with Crippen molar-refractivity contribution in [3.63, 3.8) is 0 Å². The van der Waals surface area contributed by atoms with Gasteiger partial charge >= 0.3 is 6.18 Å². The number of fused-ring (bicyclic) bond motifs is 1. The van der Waals surface area contributed by atoms with Crippen molar-refractivity contribution >= 4 is 11.6 Å². The van der Waals surface area contributed by atoms with E-state index in [1.807, 2.05) is 6.92 Å². The average molecular weight is 462 g/mol. The van der Waals surface area contributed by atoms with Gasteiger partial charge in [-0.3, -0.25) is 4.79 Å². The lowest BCUT2D eigenvalue weighted by atomic mass is 9.95. The second-order valence-corrected chi connectivity index (χ2v) is 8.38. The molecule has 3 aromatic rings. The minimum Gasteiger partial charge on any atom is -0.493 e. The third-order valence-corrected chi connectivity index (χ3v) is 5.99. The summed E-state index contributed by atoms with van der Waals surface area (Å²) in [5.74, 6) is 0.742. The fourth-order valence-corrected chi connectivity index (χ4v) is 4.14. The van der Waals surface area contributed by atoms with Gasteiger partial charge in [-0.25, -0.2) is 9.50 Å². The second-order valence-electron chi connectivity index (χ2n) is 8.38. The first kappa shape index (κ1) is 22.9. The van der Waals surface area contributed by atoms with Crippen molar-refractivity contribution in [2.75, 3.05) is 20.8 Å². The predicted octanol–water partition coefficient (Wildman–Crippen LogP) is 4.69. The van der Waals surface area contributed by atoms with Crippen LogP contribution in [0.15, 0.2) is 30.3 Å². The summed E-state index contributed by atoms with van der Waals surface area (Å²) in [6.45, 7) is 4.53. The molecule has 10 heteroatoms. The number of alkyl halides is 3. The molecule has 33 heavy (non-hydrogen) atoms. The minimum atomic E-state index is -4.70. The number of rotatable bonds is 4. The highest BCUT2D eigenvalue weighted by Crippen LogP contribution is 2.35. The summed E-state index contributed by atoms with van der Waals surface area (Å²) in [7, 11) is 2.91. The summed E-state index contributed by atoms with van der Waals surface area (Å²) < 4.78 is 52.9. The van der Waals surface area contributed by atoms with E-state index in [-0.39, 0.29) is 29.0 Å². The number of methoxy groups -OCH3 is 2. The van der Waals surface area contributed by atoms with Crippen LogP contribution in [-0.2, 0) is 6.18 Å². The molecule has 7 nitrogen and oxygen atoms in total. The summed E-state index contributed by atoms with van der Waals surface area (Å²) in [4.78, 5) is 19.2. The van der Waals surface area contributed by atoms with Crippen LogP contribution in [0, 0.1) is 5.92 Å². The smallest absolute Gasteiger partial charge is 0.433 e. The van der Waals surface area contributed by atoms with Crippen LogP contribution in [0.5, 0.6) is 11.5 Å². The first-order valence-corrected chi connectivity index (χ1v) is 10.6. The first-order valence-electron chi connectivity index (χ1n) is 10.6. The number of benzene rings is 1. The van der Waals surface area contributed by atoms with E-state index in [0.717, 1.165) is 18.9 Å². The Bertz CT molecular complexity index is 1190. The van der Waals surface area contributed by atoms with Crippen LogP contribution in [-0.4, -0.2) is 52.2 Å². The van der Waals surface area contributed by atoms with Gasteiger partial charge < -0.3 is 14.4 Å². The predicted molar refractivity (Wildman–Crippen MR) is 115 cm³/mol. The topological polar surface area (TPSA) is 69.0 Å². The van der Waals surface area contributed by atoms with E-state index in [1.54, 1.807) is 23.1 Å². The van der Waals surface area contributed by atoms with E-state index >= 15 is 0 Å². The molecule has 0 unspecified atom stereocenters. The van der Waals surface area contributed by atoms with Crippen LogP contribution in [0.1, 0.15) is 42.9 Å². The van der Waals surface area contributed by atoms with E-state index in [9.17, 15) is 18.0 Å². The van der Waals surface area contributed by atoms with Gasteiger partial charge in [-0.1, -0.05) is 6.92 Å². The number of carbonyl (C=O) groups excluding carboxylic acids is 1. The van der Waals surface area contributed by atoms with Crippen molar-refractivity contribution in [2.24, 2.45) is 5.92 Å². The normalized spacial score (nSPS) is 19.1. The lowest BCUT2D eigenvalue weighted by Crippen LogP contribution is -2.45. The monoisotopic (exact) mass is 462 g/mol. The molecule has 1 saturated heterocycles. The van der Waals surface area contributed by atoms with Crippen molar-refractivity contribution in [3.05, 3.63) is 41.7 Å². The molecule has 176 valence electrons. The number of hydrogen-bond acceptors (Lipinski definition) is 5. The molecular weight excluding hydrogens is 437 g/mol. The van der Waals surface area contributed by atoms with Gasteiger partial charge in [0.1, 0.15) is 0 Å². The standard InChI is InChI=1S/C23H25F3N4O3/c1-13-5-6-14(2)29(12-13)22(31)17-11-21-27-16(10-20(23(24,25)26)30(21)28-17)15-7-8-18(32-3)19(9-15)33-4/h7-11,13-14H,5-6,12H2,1-4H3/t13-,14+/m1/s1. The molecule has 0 N–H and O–H groups in total. The zero-order valence-corrected chi connectivity index (χ0v) is 18.8. The van der Waals surface area contributed by atoms with E-state index in [2.05, 4.69) is 17.0 Å². The number of aromatic nitrogens is 3. The molecule has 0 saturated carbocycles. The maximum Gasteiger partial charge on any atom is 0.433 e. The molecule has 0 radical (unpaired) electrons. The van der Waals surface area contributed by atoms with Gasteiger partial charge in [0.05, 0.1) is 19.9 Å². The maximum atomic E-state index is 13.9. The van der Waals surface area contributed by atoms with Gasteiger partial charge in [-0.15, -0.1) is 0 Å². The van der Waals surface area contributed by atoms with Crippen LogP contribution in [0.2, 0.25) is 0 Å². The Hall–Kier alpha value is -3.30. The molecule has 2 aromatic heterocycles. The molecule has 1 amide bonds. The van der Waals surface area contributed by atoms with Gasteiger partial charge in [0.25, 0.3) is 5.91 Å². The number of amides is 1. The van der Waals surface area contributed by atoms with E-state index in [4.69, 9.17) is 9.47 Å². The number of hydrogen-bond donors (Lipinski definition) is 0. The van der Waals surface area contributed by atoms with Crippen molar-refractivity contribution in [1.29, 1.82) is 0 Å². The Morgan fingerprint density at radius 2 is 1.79 bits per heavy atom. The minimum absolute atomic E-state index is 0.00381. The van der Waals surface area contributed by atoms with Crippen LogP contribution < -0.4 is 9.47 Å². The summed E-state index contributed by atoms with van der Waals surface area (Å²) in [5, 5.41) is 4.01. The zero-order valence-electron chi connectivity index (χ0n) is 18.8. The van der Waals surface area contributed by atoms with Crippen molar-refractivity contribution < 1.29 is 27.4 Å². The quantitative estimate of drug-likeness (QED) is 0.563.